The third-order valence-corrected chi connectivity index (χ3v) is 4.31. The third kappa shape index (κ3) is 2.57. The zero-order valence-corrected chi connectivity index (χ0v) is 11.5. The van der Waals surface area contributed by atoms with Crippen LogP contribution in [0.4, 0.5) is 0 Å². The summed E-state index contributed by atoms with van der Waals surface area (Å²) < 4.78 is 0. The molecule has 1 atom stereocenters. The number of aliphatic imine (C=N–C) groups is 1. The molecular weight excluding hydrogens is 276 g/mol. The highest BCUT2D eigenvalue weighted by Crippen LogP contribution is 2.33. The van der Waals surface area contributed by atoms with E-state index in [1.807, 2.05) is 4.90 Å². The van der Waals surface area contributed by atoms with Gasteiger partial charge in [-0.05, 0) is 30.3 Å². The summed E-state index contributed by atoms with van der Waals surface area (Å²) in [5, 5.41) is 19.9. The van der Waals surface area contributed by atoms with Crippen LogP contribution in [0.3, 0.4) is 0 Å². The number of hydrogen-bond acceptors (Lipinski definition) is 5. The maximum atomic E-state index is 11.9. The summed E-state index contributed by atoms with van der Waals surface area (Å²) in [6.07, 6.45) is 2.00. The van der Waals surface area contributed by atoms with Gasteiger partial charge in [-0.25, -0.2) is 0 Å². The van der Waals surface area contributed by atoms with Crippen molar-refractivity contribution in [3.63, 3.8) is 0 Å². The fraction of sp³-hybridized carbons (Fsp3) is 0.286. The van der Waals surface area contributed by atoms with Crippen LogP contribution in [-0.4, -0.2) is 45.4 Å². The lowest BCUT2D eigenvalue weighted by atomic mass is 10.2. The highest BCUT2D eigenvalue weighted by molar-refractivity contribution is 8.18. The average Bonchev–Trinajstić information content (AvgIpc) is 2.99. The molecule has 0 spiro atoms. The molecular formula is C14H14N2O3S. The Morgan fingerprint density at radius 2 is 2.20 bits per heavy atom. The third-order valence-electron chi connectivity index (χ3n) is 3.27. The Morgan fingerprint density at radius 3 is 2.90 bits per heavy atom. The zero-order valence-electron chi connectivity index (χ0n) is 10.7. The van der Waals surface area contributed by atoms with Crippen LogP contribution in [-0.2, 0) is 4.79 Å². The second-order valence-corrected chi connectivity index (χ2v) is 5.77. The minimum absolute atomic E-state index is 0.137. The number of benzene rings is 1. The smallest absolute Gasteiger partial charge is 0.286 e. The number of para-hydroxylation sites is 1. The van der Waals surface area contributed by atoms with Crippen LogP contribution in [0.25, 0.3) is 6.08 Å². The number of likely N-dealkylation sites (tertiary alicyclic amines) is 1. The largest absolute Gasteiger partial charge is 0.507 e. The lowest BCUT2D eigenvalue weighted by Gasteiger charge is -2.15. The van der Waals surface area contributed by atoms with Gasteiger partial charge in [-0.3, -0.25) is 4.79 Å². The number of carbonyl (C=O) groups is 1. The number of rotatable bonds is 1. The summed E-state index contributed by atoms with van der Waals surface area (Å²) in [7, 11) is 0. The van der Waals surface area contributed by atoms with Crippen molar-refractivity contribution < 1.29 is 15.0 Å². The number of thioether (sulfide) groups is 1. The predicted molar refractivity (Wildman–Crippen MR) is 78.3 cm³/mol. The molecule has 2 heterocycles. The average molecular weight is 290 g/mol. The van der Waals surface area contributed by atoms with E-state index in [4.69, 9.17) is 0 Å². The molecule has 1 aromatic carbocycles. The normalized spacial score (nSPS) is 24.6. The van der Waals surface area contributed by atoms with Crippen LogP contribution in [0.5, 0.6) is 5.75 Å². The van der Waals surface area contributed by atoms with Gasteiger partial charge in [0, 0.05) is 18.7 Å². The van der Waals surface area contributed by atoms with Crippen molar-refractivity contribution in [3.8, 4) is 5.75 Å². The first-order valence-corrected chi connectivity index (χ1v) is 7.19. The van der Waals surface area contributed by atoms with Crippen molar-refractivity contribution >= 4 is 28.9 Å². The number of aliphatic hydroxyl groups is 1. The molecule has 3 rings (SSSR count). The summed E-state index contributed by atoms with van der Waals surface area (Å²) in [4.78, 5) is 18.3. The number of carbonyl (C=O) groups excluding carboxylic acids is 1. The van der Waals surface area contributed by atoms with E-state index in [2.05, 4.69) is 4.99 Å². The van der Waals surface area contributed by atoms with E-state index in [0.717, 1.165) is 0 Å². The molecule has 1 fully saturated rings. The monoisotopic (exact) mass is 290 g/mol. The van der Waals surface area contributed by atoms with E-state index in [-0.39, 0.29) is 17.8 Å². The van der Waals surface area contributed by atoms with E-state index in [1.165, 1.54) is 11.8 Å². The quantitative estimate of drug-likeness (QED) is 0.765. The first kappa shape index (κ1) is 13.2. The van der Waals surface area contributed by atoms with Crippen LogP contribution in [0.1, 0.15) is 12.0 Å². The number of aromatic hydroxyl groups is 1. The lowest BCUT2D eigenvalue weighted by molar-refractivity contribution is -0.113. The number of phenols is 1. The Morgan fingerprint density at radius 1 is 1.40 bits per heavy atom. The van der Waals surface area contributed by atoms with Crippen LogP contribution < -0.4 is 0 Å². The second-order valence-electron chi connectivity index (χ2n) is 4.76. The molecule has 0 saturated carbocycles. The van der Waals surface area contributed by atoms with Gasteiger partial charge in [-0.2, -0.15) is 4.99 Å². The molecule has 1 aromatic rings. The van der Waals surface area contributed by atoms with E-state index in [0.29, 0.717) is 35.1 Å². The molecule has 0 bridgehead atoms. The summed E-state index contributed by atoms with van der Waals surface area (Å²) >= 11 is 1.29. The van der Waals surface area contributed by atoms with Crippen molar-refractivity contribution in [1.29, 1.82) is 0 Å². The highest BCUT2D eigenvalue weighted by atomic mass is 32.2. The summed E-state index contributed by atoms with van der Waals surface area (Å²) in [5.74, 6) is -0.159. The number of amidine groups is 1. The van der Waals surface area contributed by atoms with Gasteiger partial charge < -0.3 is 15.1 Å². The fourth-order valence-corrected chi connectivity index (χ4v) is 3.14. The maximum Gasteiger partial charge on any atom is 0.286 e. The number of phenolic OH excluding ortho intramolecular Hbond substituents is 1. The van der Waals surface area contributed by atoms with Gasteiger partial charge in [-0.1, -0.05) is 18.2 Å². The first-order chi connectivity index (χ1) is 9.63. The lowest BCUT2D eigenvalue weighted by Crippen LogP contribution is -2.26. The molecule has 20 heavy (non-hydrogen) atoms. The summed E-state index contributed by atoms with van der Waals surface area (Å²) in [5.41, 5.74) is 0.598. The van der Waals surface area contributed by atoms with Crippen molar-refractivity contribution in [2.75, 3.05) is 13.1 Å². The van der Waals surface area contributed by atoms with Gasteiger partial charge in [0.25, 0.3) is 5.91 Å². The van der Waals surface area contributed by atoms with E-state index in [9.17, 15) is 15.0 Å². The van der Waals surface area contributed by atoms with Gasteiger partial charge >= 0.3 is 0 Å². The number of amides is 1. The Balaban J connectivity index is 1.79. The molecule has 6 heteroatoms. The van der Waals surface area contributed by atoms with Crippen molar-refractivity contribution in [3.05, 3.63) is 34.7 Å². The number of nitrogens with zero attached hydrogens (tertiary/aromatic N) is 2. The Kier molecular flexibility index (Phi) is 3.50. The van der Waals surface area contributed by atoms with Crippen molar-refractivity contribution in [2.24, 2.45) is 4.99 Å². The van der Waals surface area contributed by atoms with Gasteiger partial charge in [0.1, 0.15) is 5.75 Å². The van der Waals surface area contributed by atoms with Crippen molar-refractivity contribution in [1.82, 2.24) is 4.90 Å². The van der Waals surface area contributed by atoms with E-state index in [1.54, 1.807) is 30.3 Å². The fourth-order valence-electron chi connectivity index (χ4n) is 2.20. The minimum atomic E-state index is -0.348. The molecule has 1 saturated heterocycles. The maximum absolute atomic E-state index is 11.9. The predicted octanol–water partition coefficient (Wildman–Crippen LogP) is 1.43. The van der Waals surface area contributed by atoms with Crippen LogP contribution >= 0.6 is 11.8 Å². The molecule has 2 aliphatic rings. The molecule has 104 valence electrons. The molecule has 2 aliphatic heterocycles. The SMILES string of the molecule is O=C1N=C(N2CC[C@H](O)C2)SC1=Cc1ccccc1O. The summed E-state index contributed by atoms with van der Waals surface area (Å²) in [6.45, 7) is 1.23. The van der Waals surface area contributed by atoms with Gasteiger partial charge in [-0.15, -0.1) is 0 Å². The topological polar surface area (TPSA) is 73.1 Å². The zero-order chi connectivity index (χ0) is 14.1. The first-order valence-electron chi connectivity index (χ1n) is 6.37. The van der Waals surface area contributed by atoms with Crippen LogP contribution in [0.15, 0.2) is 34.2 Å². The van der Waals surface area contributed by atoms with Gasteiger partial charge in [0.15, 0.2) is 5.17 Å². The minimum Gasteiger partial charge on any atom is -0.507 e. The Hall–Kier alpha value is -1.79. The Bertz CT molecular complexity index is 612. The molecule has 0 aromatic heterocycles. The van der Waals surface area contributed by atoms with Crippen LogP contribution in [0, 0.1) is 0 Å². The van der Waals surface area contributed by atoms with E-state index < -0.39 is 0 Å². The highest BCUT2D eigenvalue weighted by Gasteiger charge is 2.30. The molecule has 5 nitrogen and oxygen atoms in total. The van der Waals surface area contributed by atoms with Gasteiger partial charge in [0.05, 0.1) is 11.0 Å². The molecule has 1 amide bonds. The molecule has 0 radical (unpaired) electrons. The molecule has 0 unspecified atom stereocenters. The molecule has 2 N–H and O–H groups in total. The number of hydrogen-bond donors (Lipinski definition) is 2. The number of β-amino-alcohol motifs (C(OH)–C–C–N with tert-alkyl or cyclic N) is 1. The van der Waals surface area contributed by atoms with Gasteiger partial charge in [0.2, 0.25) is 0 Å². The standard InChI is InChI=1S/C14H14N2O3S/c17-10-5-6-16(8-10)14-15-13(19)12(20-14)7-9-3-1-2-4-11(9)18/h1-4,7,10,17-18H,5-6,8H2/t10-/m0/s1. The second kappa shape index (κ2) is 5.30. The van der Waals surface area contributed by atoms with Crippen LogP contribution in [0.2, 0.25) is 0 Å². The summed E-state index contributed by atoms with van der Waals surface area (Å²) in [6, 6.07) is 6.85. The molecule has 0 aliphatic carbocycles. The van der Waals surface area contributed by atoms with Crippen molar-refractivity contribution in [2.45, 2.75) is 12.5 Å². The van der Waals surface area contributed by atoms with E-state index >= 15 is 0 Å². The number of aliphatic hydroxyl groups excluding tert-OH is 1. The Labute approximate surface area is 120 Å².